The summed E-state index contributed by atoms with van der Waals surface area (Å²) in [5.74, 6) is -0.696. The normalized spacial score (nSPS) is 16.9. The van der Waals surface area contributed by atoms with Crippen LogP contribution in [0.15, 0.2) is 11.2 Å². The molecule has 2 N–H and O–H groups in total. The molecule has 0 aromatic carbocycles. The molecule has 0 spiro atoms. The molecule has 112 valence electrons. The third kappa shape index (κ3) is 3.01. The Morgan fingerprint density at radius 1 is 1.50 bits per heavy atom. The lowest BCUT2D eigenvalue weighted by Gasteiger charge is -2.13. The van der Waals surface area contributed by atoms with Crippen LogP contribution < -0.4 is 4.72 Å². The molecule has 1 aromatic rings. The topological polar surface area (TPSA) is 101 Å². The van der Waals surface area contributed by atoms with E-state index in [0.717, 1.165) is 19.3 Å². The van der Waals surface area contributed by atoms with E-state index in [0.29, 0.717) is 6.54 Å². The molecule has 0 saturated heterocycles. The van der Waals surface area contributed by atoms with Crippen LogP contribution in [-0.2, 0) is 14.8 Å². The van der Waals surface area contributed by atoms with Crippen LogP contribution in [-0.4, -0.2) is 37.7 Å². The fourth-order valence-electron chi connectivity index (χ4n) is 1.99. The summed E-state index contributed by atoms with van der Waals surface area (Å²) >= 11 is 0. The molecule has 1 saturated carbocycles. The van der Waals surface area contributed by atoms with E-state index in [4.69, 9.17) is 4.74 Å². The Labute approximate surface area is 118 Å². The maximum Gasteiger partial charge on any atom is 0.342 e. The number of carbonyl (C=O) groups excluding carboxylic acids is 1. The van der Waals surface area contributed by atoms with Crippen LogP contribution in [0.3, 0.4) is 0 Å². The van der Waals surface area contributed by atoms with Gasteiger partial charge in [0.2, 0.25) is 0 Å². The van der Waals surface area contributed by atoms with Crippen molar-refractivity contribution in [3.05, 3.63) is 11.8 Å². The molecular formula is C12H19N3O4S. The van der Waals surface area contributed by atoms with Crippen molar-refractivity contribution in [2.45, 2.75) is 38.1 Å². The molecule has 0 unspecified atom stereocenters. The van der Waals surface area contributed by atoms with Gasteiger partial charge in [-0.25, -0.2) is 17.9 Å². The maximum atomic E-state index is 12.2. The second-order valence-electron chi connectivity index (χ2n) is 5.01. The predicted octanol–water partition coefficient (Wildman–Crippen LogP) is 1.05. The highest BCUT2D eigenvalue weighted by Crippen LogP contribution is 2.48. The molecule has 1 fully saturated rings. The zero-order valence-corrected chi connectivity index (χ0v) is 12.4. The van der Waals surface area contributed by atoms with Gasteiger partial charge in [-0.1, -0.05) is 6.92 Å². The second-order valence-corrected chi connectivity index (χ2v) is 6.72. The molecule has 1 aliphatic carbocycles. The van der Waals surface area contributed by atoms with E-state index in [9.17, 15) is 13.2 Å². The smallest absolute Gasteiger partial charge is 0.342 e. The lowest BCUT2D eigenvalue weighted by atomic mass is 10.1. The van der Waals surface area contributed by atoms with E-state index in [1.165, 1.54) is 6.20 Å². The minimum absolute atomic E-state index is 0.0688. The largest absolute Gasteiger partial charge is 0.462 e. The van der Waals surface area contributed by atoms with Gasteiger partial charge in [0.25, 0.3) is 10.0 Å². The number of H-pyrrole nitrogens is 1. The average molecular weight is 301 g/mol. The Morgan fingerprint density at radius 2 is 2.20 bits per heavy atom. The van der Waals surface area contributed by atoms with Gasteiger partial charge in [-0.3, -0.25) is 5.10 Å². The van der Waals surface area contributed by atoms with E-state index in [1.807, 2.05) is 6.92 Å². The molecule has 0 aliphatic heterocycles. The van der Waals surface area contributed by atoms with Crippen molar-refractivity contribution in [2.24, 2.45) is 5.41 Å². The third-order valence-corrected chi connectivity index (χ3v) is 5.09. The molecule has 20 heavy (non-hydrogen) atoms. The first-order valence-corrected chi connectivity index (χ1v) is 8.12. The van der Waals surface area contributed by atoms with Crippen molar-refractivity contribution in [3.63, 3.8) is 0 Å². The van der Waals surface area contributed by atoms with E-state index < -0.39 is 16.0 Å². The second kappa shape index (κ2) is 5.53. The fourth-order valence-corrected chi connectivity index (χ4v) is 3.22. The number of carbonyl (C=O) groups is 1. The van der Waals surface area contributed by atoms with E-state index >= 15 is 0 Å². The Morgan fingerprint density at radius 3 is 2.75 bits per heavy atom. The highest BCUT2D eigenvalue weighted by atomic mass is 32.2. The van der Waals surface area contributed by atoms with Gasteiger partial charge in [0.05, 0.1) is 12.8 Å². The van der Waals surface area contributed by atoms with Gasteiger partial charge in [-0.05, 0) is 31.6 Å². The fraction of sp³-hybridized carbons (Fsp3) is 0.667. The van der Waals surface area contributed by atoms with Crippen molar-refractivity contribution in [3.8, 4) is 0 Å². The first-order valence-electron chi connectivity index (χ1n) is 6.64. The van der Waals surface area contributed by atoms with Crippen molar-refractivity contribution in [1.29, 1.82) is 0 Å². The van der Waals surface area contributed by atoms with Gasteiger partial charge < -0.3 is 4.74 Å². The molecular weight excluding hydrogens is 282 g/mol. The zero-order valence-electron chi connectivity index (χ0n) is 11.6. The molecule has 0 bridgehead atoms. The SMILES string of the molecule is CCOC(=O)c1cn[nH]c1S(=O)(=O)NCC1(CC)CC1. The van der Waals surface area contributed by atoms with Crippen LogP contribution in [0, 0.1) is 5.41 Å². The van der Waals surface area contributed by atoms with Crippen molar-refractivity contribution in [2.75, 3.05) is 13.2 Å². The number of ether oxygens (including phenoxy) is 1. The van der Waals surface area contributed by atoms with Crippen LogP contribution in [0.4, 0.5) is 0 Å². The Hall–Kier alpha value is -1.41. The first-order chi connectivity index (χ1) is 9.44. The monoisotopic (exact) mass is 301 g/mol. The molecule has 2 rings (SSSR count). The van der Waals surface area contributed by atoms with E-state index in [-0.39, 0.29) is 22.6 Å². The molecule has 1 heterocycles. The Balaban J connectivity index is 2.13. The van der Waals surface area contributed by atoms with Crippen LogP contribution >= 0.6 is 0 Å². The van der Waals surface area contributed by atoms with Gasteiger partial charge in [-0.2, -0.15) is 5.10 Å². The first kappa shape index (κ1) is 15.0. The molecule has 0 atom stereocenters. The summed E-state index contributed by atoms with van der Waals surface area (Å²) in [7, 11) is -3.78. The number of nitrogens with one attached hydrogen (secondary N) is 2. The summed E-state index contributed by atoms with van der Waals surface area (Å²) in [6.45, 7) is 4.26. The molecule has 0 amide bonds. The Kier molecular flexibility index (Phi) is 4.14. The molecule has 1 aliphatic rings. The number of aromatic amines is 1. The molecule has 1 aromatic heterocycles. The summed E-state index contributed by atoms with van der Waals surface area (Å²) in [6, 6.07) is 0. The minimum Gasteiger partial charge on any atom is -0.462 e. The third-order valence-electron chi connectivity index (χ3n) is 3.71. The number of hydrogen-bond acceptors (Lipinski definition) is 5. The number of nitrogens with zero attached hydrogens (tertiary/aromatic N) is 1. The zero-order chi connectivity index (χ0) is 14.8. The van der Waals surface area contributed by atoms with Gasteiger partial charge >= 0.3 is 5.97 Å². The summed E-state index contributed by atoms with van der Waals surface area (Å²) < 4.78 is 31.8. The standard InChI is InChI=1S/C12H19N3O4S/c1-3-12(5-6-12)8-14-20(17,18)10-9(7-13-15-10)11(16)19-4-2/h7,14H,3-6,8H2,1-2H3,(H,13,15). The summed E-state index contributed by atoms with van der Waals surface area (Å²) in [4.78, 5) is 11.7. The number of esters is 1. The molecule has 7 nitrogen and oxygen atoms in total. The van der Waals surface area contributed by atoms with Crippen LogP contribution in [0.5, 0.6) is 0 Å². The van der Waals surface area contributed by atoms with E-state index in [1.54, 1.807) is 6.92 Å². The summed E-state index contributed by atoms with van der Waals surface area (Å²) in [5.41, 5.74) is 0.0117. The van der Waals surface area contributed by atoms with Gasteiger partial charge in [0.1, 0.15) is 5.56 Å². The predicted molar refractivity (Wildman–Crippen MR) is 71.7 cm³/mol. The quantitative estimate of drug-likeness (QED) is 0.733. The van der Waals surface area contributed by atoms with Gasteiger partial charge in [0.15, 0.2) is 5.03 Å². The highest BCUT2D eigenvalue weighted by Gasteiger charge is 2.41. The Bertz CT molecular complexity index is 590. The van der Waals surface area contributed by atoms with Crippen LogP contribution in [0.25, 0.3) is 0 Å². The average Bonchev–Trinajstić information content (AvgIpc) is 3.02. The van der Waals surface area contributed by atoms with E-state index in [2.05, 4.69) is 14.9 Å². The summed E-state index contributed by atoms with van der Waals surface area (Å²) in [5, 5.41) is 5.75. The van der Waals surface area contributed by atoms with Gasteiger partial charge in [-0.15, -0.1) is 0 Å². The number of sulfonamides is 1. The lowest BCUT2D eigenvalue weighted by Crippen LogP contribution is -2.31. The number of rotatable bonds is 7. The van der Waals surface area contributed by atoms with Crippen LogP contribution in [0.2, 0.25) is 0 Å². The lowest BCUT2D eigenvalue weighted by molar-refractivity contribution is 0.0522. The number of aromatic nitrogens is 2. The minimum atomic E-state index is -3.78. The molecule has 0 radical (unpaired) electrons. The molecule has 8 heteroatoms. The van der Waals surface area contributed by atoms with Crippen molar-refractivity contribution >= 4 is 16.0 Å². The van der Waals surface area contributed by atoms with Crippen LogP contribution in [0.1, 0.15) is 43.5 Å². The maximum absolute atomic E-state index is 12.2. The number of hydrogen-bond donors (Lipinski definition) is 2. The van der Waals surface area contributed by atoms with Crippen molar-refractivity contribution < 1.29 is 17.9 Å². The highest BCUT2D eigenvalue weighted by molar-refractivity contribution is 7.89. The summed E-state index contributed by atoms with van der Waals surface area (Å²) in [6.07, 6.45) is 4.15. The van der Waals surface area contributed by atoms with Crippen molar-refractivity contribution in [1.82, 2.24) is 14.9 Å². The van der Waals surface area contributed by atoms with Gasteiger partial charge in [0, 0.05) is 6.54 Å².